The number of aliphatic hydroxyl groups is 2. The van der Waals surface area contributed by atoms with Crippen molar-refractivity contribution < 1.29 is 19.7 Å². The Morgan fingerprint density at radius 3 is 2.74 bits per heavy atom. The number of carbonyl (C=O) groups is 1. The van der Waals surface area contributed by atoms with Crippen LogP contribution in [0.4, 0.5) is 0 Å². The Morgan fingerprint density at radius 1 is 1.37 bits per heavy atom. The van der Waals surface area contributed by atoms with Crippen molar-refractivity contribution in [3.05, 3.63) is 24.3 Å². The Kier molecular flexibility index (Phi) is 2.67. The van der Waals surface area contributed by atoms with Gasteiger partial charge in [0.2, 0.25) is 0 Å². The van der Waals surface area contributed by atoms with Gasteiger partial charge in [0.1, 0.15) is 6.10 Å². The zero-order valence-corrected chi connectivity index (χ0v) is 11.1. The molecule has 6 unspecified atom stereocenters. The van der Waals surface area contributed by atoms with E-state index in [0.717, 1.165) is 18.4 Å². The first-order chi connectivity index (χ1) is 8.83. The Labute approximate surface area is 112 Å². The third-order valence-corrected chi connectivity index (χ3v) is 5.13. The highest BCUT2D eigenvalue weighted by molar-refractivity contribution is 5.91. The predicted molar refractivity (Wildman–Crippen MR) is 69.1 cm³/mol. The lowest BCUT2D eigenvalue weighted by Crippen LogP contribution is -2.39. The normalized spacial score (nSPS) is 49.6. The maximum absolute atomic E-state index is 11.7. The molecule has 0 aromatic rings. The monoisotopic (exact) mass is 264 g/mol. The molecule has 6 atom stereocenters. The molecular formula is C15H20O4. The van der Waals surface area contributed by atoms with E-state index in [4.69, 9.17) is 4.74 Å². The highest BCUT2D eigenvalue weighted by atomic mass is 16.6. The van der Waals surface area contributed by atoms with Crippen molar-refractivity contribution in [2.45, 2.75) is 44.0 Å². The van der Waals surface area contributed by atoms with Crippen molar-refractivity contribution in [1.29, 1.82) is 0 Å². The Bertz CT molecular complexity index is 465. The molecule has 0 aromatic carbocycles. The summed E-state index contributed by atoms with van der Waals surface area (Å²) in [6.07, 6.45) is 0.713. The summed E-state index contributed by atoms with van der Waals surface area (Å²) in [4.78, 5) is 11.7. The van der Waals surface area contributed by atoms with Crippen LogP contribution in [0.2, 0.25) is 0 Å². The molecule has 3 rings (SSSR count). The number of hydrogen-bond donors (Lipinski definition) is 2. The Balaban J connectivity index is 2.06. The summed E-state index contributed by atoms with van der Waals surface area (Å²) in [7, 11) is 0. The van der Waals surface area contributed by atoms with Gasteiger partial charge in [0, 0.05) is 17.9 Å². The average molecular weight is 264 g/mol. The number of rotatable bonds is 0. The van der Waals surface area contributed by atoms with Crippen LogP contribution in [0.3, 0.4) is 0 Å². The number of aliphatic hydroxyl groups excluding tert-OH is 1. The summed E-state index contributed by atoms with van der Waals surface area (Å²) in [5.74, 6) is -0.915. The molecule has 1 aliphatic heterocycles. The maximum Gasteiger partial charge on any atom is 0.334 e. The van der Waals surface area contributed by atoms with Crippen molar-refractivity contribution in [2.75, 3.05) is 0 Å². The minimum Gasteiger partial charge on any atom is -0.458 e. The minimum atomic E-state index is -0.958. The topological polar surface area (TPSA) is 66.8 Å². The van der Waals surface area contributed by atoms with Crippen LogP contribution < -0.4 is 0 Å². The molecule has 3 fully saturated rings. The lowest BCUT2D eigenvalue weighted by Gasteiger charge is -2.33. The molecule has 2 saturated carbocycles. The van der Waals surface area contributed by atoms with Gasteiger partial charge in [0.25, 0.3) is 0 Å². The van der Waals surface area contributed by atoms with Crippen molar-refractivity contribution >= 4 is 5.97 Å². The summed E-state index contributed by atoms with van der Waals surface area (Å²) in [6, 6.07) is 0. The SMILES string of the molecule is C=C1C(=O)OC2C1C(O)CC(C)(O)C1CCC(=C)C21. The highest BCUT2D eigenvalue weighted by Crippen LogP contribution is 2.53. The van der Waals surface area contributed by atoms with E-state index in [1.54, 1.807) is 6.92 Å². The molecule has 1 heterocycles. The fraction of sp³-hybridized carbons (Fsp3) is 0.667. The van der Waals surface area contributed by atoms with E-state index >= 15 is 0 Å². The molecule has 4 nitrogen and oxygen atoms in total. The molecule has 0 radical (unpaired) electrons. The molecule has 0 amide bonds. The van der Waals surface area contributed by atoms with Crippen molar-refractivity contribution in [3.8, 4) is 0 Å². The molecule has 4 heteroatoms. The van der Waals surface area contributed by atoms with E-state index in [-0.39, 0.29) is 18.3 Å². The van der Waals surface area contributed by atoms with Crippen LogP contribution in [0, 0.1) is 17.8 Å². The first-order valence-corrected chi connectivity index (χ1v) is 6.81. The summed E-state index contributed by atoms with van der Waals surface area (Å²) in [5, 5.41) is 21.0. The molecule has 0 spiro atoms. The molecule has 104 valence electrons. The lowest BCUT2D eigenvalue weighted by atomic mass is 9.78. The first kappa shape index (κ1) is 12.9. The van der Waals surface area contributed by atoms with Gasteiger partial charge in [-0.25, -0.2) is 4.79 Å². The molecule has 2 aliphatic carbocycles. The summed E-state index contributed by atoms with van der Waals surface area (Å²) in [5.41, 5.74) is 0.381. The maximum atomic E-state index is 11.7. The molecule has 2 N–H and O–H groups in total. The van der Waals surface area contributed by atoms with E-state index in [1.165, 1.54) is 0 Å². The number of carbonyl (C=O) groups excluding carboxylic acids is 1. The zero-order valence-electron chi connectivity index (χ0n) is 11.1. The molecular weight excluding hydrogens is 244 g/mol. The first-order valence-electron chi connectivity index (χ1n) is 6.81. The van der Waals surface area contributed by atoms with Crippen LogP contribution in [0.5, 0.6) is 0 Å². The van der Waals surface area contributed by atoms with Gasteiger partial charge >= 0.3 is 5.97 Å². The molecule has 0 aromatic heterocycles. The third kappa shape index (κ3) is 1.70. The van der Waals surface area contributed by atoms with E-state index in [9.17, 15) is 15.0 Å². The van der Waals surface area contributed by atoms with Crippen LogP contribution in [-0.2, 0) is 9.53 Å². The van der Waals surface area contributed by atoms with E-state index < -0.39 is 29.7 Å². The van der Waals surface area contributed by atoms with Crippen LogP contribution in [-0.4, -0.2) is 34.0 Å². The Hall–Kier alpha value is -1.13. The number of esters is 1. The fourth-order valence-electron chi connectivity index (χ4n) is 4.19. The van der Waals surface area contributed by atoms with Gasteiger partial charge in [-0.2, -0.15) is 0 Å². The largest absolute Gasteiger partial charge is 0.458 e. The van der Waals surface area contributed by atoms with Crippen molar-refractivity contribution in [2.24, 2.45) is 17.8 Å². The molecule has 3 aliphatic rings. The van der Waals surface area contributed by atoms with E-state index in [0.29, 0.717) is 5.57 Å². The van der Waals surface area contributed by atoms with Crippen LogP contribution in [0.25, 0.3) is 0 Å². The smallest absolute Gasteiger partial charge is 0.334 e. The second-order valence-corrected chi connectivity index (χ2v) is 6.38. The number of hydrogen-bond acceptors (Lipinski definition) is 4. The number of fused-ring (bicyclic) bond motifs is 3. The average Bonchev–Trinajstić information content (AvgIpc) is 2.78. The van der Waals surface area contributed by atoms with Crippen molar-refractivity contribution in [3.63, 3.8) is 0 Å². The van der Waals surface area contributed by atoms with Gasteiger partial charge < -0.3 is 14.9 Å². The zero-order chi connectivity index (χ0) is 13.9. The molecule has 0 bridgehead atoms. The summed E-state index contributed by atoms with van der Waals surface area (Å²) >= 11 is 0. The van der Waals surface area contributed by atoms with Gasteiger partial charge in [-0.15, -0.1) is 0 Å². The van der Waals surface area contributed by atoms with Crippen LogP contribution in [0.15, 0.2) is 24.3 Å². The van der Waals surface area contributed by atoms with Gasteiger partial charge in [-0.1, -0.05) is 18.7 Å². The minimum absolute atomic E-state index is 0.0108. The quantitative estimate of drug-likeness (QED) is 0.392. The molecule has 19 heavy (non-hydrogen) atoms. The second-order valence-electron chi connectivity index (χ2n) is 6.38. The van der Waals surface area contributed by atoms with E-state index in [2.05, 4.69) is 13.2 Å². The highest BCUT2D eigenvalue weighted by Gasteiger charge is 2.58. The van der Waals surface area contributed by atoms with Crippen LogP contribution in [0.1, 0.15) is 26.2 Å². The number of ether oxygens (including phenoxy) is 1. The van der Waals surface area contributed by atoms with Crippen molar-refractivity contribution in [1.82, 2.24) is 0 Å². The third-order valence-electron chi connectivity index (χ3n) is 5.13. The summed E-state index contributed by atoms with van der Waals surface area (Å²) in [6.45, 7) is 9.58. The lowest BCUT2D eigenvalue weighted by molar-refractivity contribution is -0.142. The van der Waals surface area contributed by atoms with Gasteiger partial charge in [-0.3, -0.25) is 0 Å². The van der Waals surface area contributed by atoms with Gasteiger partial charge in [0.15, 0.2) is 0 Å². The second kappa shape index (κ2) is 3.93. The molecule has 1 saturated heterocycles. The van der Waals surface area contributed by atoms with E-state index in [1.807, 2.05) is 0 Å². The van der Waals surface area contributed by atoms with Crippen LogP contribution >= 0.6 is 0 Å². The fourth-order valence-corrected chi connectivity index (χ4v) is 4.19. The van der Waals surface area contributed by atoms with Gasteiger partial charge in [-0.05, 0) is 25.7 Å². The Morgan fingerprint density at radius 2 is 2.05 bits per heavy atom. The summed E-state index contributed by atoms with van der Waals surface area (Å²) < 4.78 is 5.44. The standard InChI is InChI=1S/C15H20O4/c1-7-4-5-9-11(7)13-12(8(2)14(17)19-13)10(16)6-15(9,3)18/h9-13,16,18H,1-2,4-6H2,3H3. The predicted octanol–water partition coefficient (Wildman–Crippen LogP) is 1.18. The van der Waals surface area contributed by atoms with Gasteiger partial charge in [0.05, 0.1) is 17.6 Å².